The van der Waals surface area contributed by atoms with Gasteiger partial charge in [-0.15, -0.1) is 0 Å². The number of primary amides is 1. The average Bonchev–Trinajstić information content (AvgIpc) is 2.45. The molecule has 0 radical (unpaired) electrons. The van der Waals surface area contributed by atoms with Crippen LogP contribution >= 0.6 is 11.5 Å². The second-order valence-electron chi connectivity index (χ2n) is 3.74. The number of carbonyl (C=O) groups is 2. The average molecular weight is 241 g/mol. The highest BCUT2D eigenvalue weighted by Gasteiger charge is 2.16. The zero-order chi connectivity index (χ0) is 12.3. The number of anilines is 1. The van der Waals surface area contributed by atoms with Crippen molar-refractivity contribution in [3.05, 3.63) is 11.3 Å². The molecule has 0 saturated carbocycles. The van der Waals surface area contributed by atoms with Crippen LogP contribution in [0.1, 0.15) is 36.3 Å². The van der Waals surface area contributed by atoms with E-state index in [-0.39, 0.29) is 24.2 Å². The molecule has 0 aliphatic rings. The van der Waals surface area contributed by atoms with Crippen LogP contribution in [0.5, 0.6) is 0 Å². The molecule has 1 heterocycles. The number of nitrogens with two attached hydrogens (primary N) is 1. The van der Waals surface area contributed by atoms with Crippen molar-refractivity contribution in [2.45, 2.75) is 33.2 Å². The molecule has 16 heavy (non-hydrogen) atoms. The molecule has 0 fully saturated rings. The van der Waals surface area contributed by atoms with Crippen molar-refractivity contribution in [3.8, 4) is 0 Å². The zero-order valence-corrected chi connectivity index (χ0v) is 10.4. The van der Waals surface area contributed by atoms with Gasteiger partial charge in [0.15, 0.2) is 5.78 Å². The van der Waals surface area contributed by atoms with E-state index in [1.807, 2.05) is 6.92 Å². The van der Waals surface area contributed by atoms with Crippen molar-refractivity contribution in [2.24, 2.45) is 5.73 Å². The number of hydrogen-bond donors (Lipinski definition) is 2. The normalized spacial score (nSPS) is 12.2. The van der Waals surface area contributed by atoms with E-state index in [0.717, 1.165) is 0 Å². The van der Waals surface area contributed by atoms with E-state index in [1.54, 1.807) is 6.92 Å². The Kier molecular flexibility index (Phi) is 4.00. The molecule has 1 amide bonds. The van der Waals surface area contributed by atoms with Crippen molar-refractivity contribution < 1.29 is 9.59 Å². The lowest BCUT2D eigenvalue weighted by Crippen LogP contribution is -2.24. The molecular formula is C10H15N3O2S. The number of aryl methyl sites for hydroxylation is 1. The van der Waals surface area contributed by atoms with Gasteiger partial charge in [0.2, 0.25) is 5.91 Å². The summed E-state index contributed by atoms with van der Waals surface area (Å²) in [5, 5.41) is 3.79. The molecule has 1 unspecified atom stereocenters. The molecule has 88 valence electrons. The summed E-state index contributed by atoms with van der Waals surface area (Å²) in [5.41, 5.74) is 6.40. The van der Waals surface area contributed by atoms with E-state index in [0.29, 0.717) is 16.3 Å². The van der Waals surface area contributed by atoms with E-state index < -0.39 is 0 Å². The maximum atomic E-state index is 11.4. The first-order valence-corrected chi connectivity index (χ1v) is 5.71. The Bertz CT molecular complexity index is 414. The van der Waals surface area contributed by atoms with Gasteiger partial charge in [-0.25, -0.2) is 0 Å². The van der Waals surface area contributed by atoms with E-state index in [9.17, 15) is 9.59 Å². The van der Waals surface area contributed by atoms with Gasteiger partial charge in [-0.05, 0) is 32.3 Å². The minimum atomic E-state index is -0.370. The molecule has 0 bridgehead atoms. The van der Waals surface area contributed by atoms with Gasteiger partial charge in [0.25, 0.3) is 0 Å². The number of nitrogens with zero attached hydrogens (tertiary/aromatic N) is 1. The maximum Gasteiger partial charge on any atom is 0.219 e. The zero-order valence-electron chi connectivity index (χ0n) is 9.53. The van der Waals surface area contributed by atoms with Gasteiger partial charge in [-0.1, -0.05) is 0 Å². The fraction of sp³-hybridized carbons (Fsp3) is 0.500. The van der Waals surface area contributed by atoms with Gasteiger partial charge < -0.3 is 11.1 Å². The molecule has 3 N–H and O–H groups in total. The van der Waals surface area contributed by atoms with Crippen LogP contribution in [0.2, 0.25) is 0 Å². The molecule has 1 aromatic heterocycles. The smallest absolute Gasteiger partial charge is 0.219 e. The molecular weight excluding hydrogens is 226 g/mol. The summed E-state index contributed by atoms with van der Waals surface area (Å²) in [6.07, 6.45) is 0.230. The molecule has 5 nitrogen and oxygen atoms in total. The molecule has 1 rings (SSSR count). The monoisotopic (exact) mass is 241 g/mol. The third-order valence-corrected chi connectivity index (χ3v) is 2.97. The van der Waals surface area contributed by atoms with Crippen LogP contribution in [-0.2, 0) is 4.79 Å². The third-order valence-electron chi connectivity index (χ3n) is 2.10. The second-order valence-corrected chi connectivity index (χ2v) is 4.52. The van der Waals surface area contributed by atoms with Crippen LogP contribution in [0, 0.1) is 6.92 Å². The number of hydrogen-bond acceptors (Lipinski definition) is 5. The number of Topliss-reactive ketones (excluding diaryl/α,β-unsaturated/α-hetero) is 1. The molecule has 6 heteroatoms. The molecule has 1 aromatic rings. The van der Waals surface area contributed by atoms with Gasteiger partial charge in [-0.2, -0.15) is 4.37 Å². The number of ketones is 1. The number of carbonyl (C=O) groups excluding carboxylic acids is 2. The predicted octanol–water partition coefficient (Wildman–Crippen LogP) is 1.33. The van der Waals surface area contributed by atoms with Crippen LogP contribution in [0.15, 0.2) is 0 Å². The summed E-state index contributed by atoms with van der Waals surface area (Å²) in [6, 6.07) is -0.101. The molecule has 0 aliphatic carbocycles. The molecule has 0 spiro atoms. The van der Waals surface area contributed by atoms with Crippen LogP contribution < -0.4 is 11.1 Å². The molecule has 0 aliphatic heterocycles. The van der Waals surface area contributed by atoms with E-state index >= 15 is 0 Å². The topological polar surface area (TPSA) is 85.1 Å². The molecule has 0 saturated heterocycles. The summed E-state index contributed by atoms with van der Waals surface area (Å²) in [6.45, 7) is 5.13. The number of amides is 1. The Morgan fingerprint density at radius 3 is 2.69 bits per heavy atom. The van der Waals surface area contributed by atoms with E-state index in [4.69, 9.17) is 5.73 Å². The van der Waals surface area contributed by atoms with Crippen LogP contribution in [0.4, 0.5) is 5.00 Å². The highest BCUT2D eigenvalue weighted by atomic mass is 32.1. The Hall–Kier alpha value is -1.43. The fourth-order valence-electron chi connectivity index (χ4n) is 1.46. The minimum absolute atomic E-state index is 0.0278. The van der Waals surface area contributed by atoms with Crippen molar-refractivity contribution in [2.75, 3.05) is 5.32 Å². The maximum absolute atomic E-state index is 11.4. The summed E-state index contributed by atoms with van der Waals surface area (Å²) in [4.78, 5) is 22.1. The number of rotatable bonds is 5. The SMILES string of the molecule is CC(=O)c1c(C)nsc1NC(C)CC(N)=O. The number of nitrogens with one attached hydrogen (secondary N) is 1. The van der Waals surface area contributed by atoms with Crippen LogP contribution in [0.25, 0.3) is 0 Å². The predicted molar refractivity (Wildman–Crippen MR) is 63.8 cm³/mol. The Morgan fingerprint density at radius 2 is 2.19 bits per heavy atom. The van der Waals surface area contributed by atoms with Crippen molar-refractivity contribution >= 4 is 28.2 Å². The third kappa shape index (κ3) is 3.03. The largest absolute Gasteiger partial charge is 0.372 e. The summed E-state index contributed by atoms with van der Waals surface area (Å²) in [7, 11) is 0. The van der Waals surface area contributed by atoms with Crippen molar-refractivity contribution in [3.63, 3.8) is 0 Å². The number of aromatic nitrogens is 1. The standard InChI is InChI=1S/C10H15N3O2S/c1-5(4-8(11)15)12-10-9(7(3)14)6(2)13-16-10/h5,12H,4H2,1-3H3,(H2,11,15). The van der Waals surface area contributed by atoms with Crippen LogP contribution in [-0.4, -0.2) is 22.1 Å². The lowest BCUT2D eigenvalue weighted by Gasteiger charge is -2.12. The first-order chi connectivity index (χ1) is 7.41. The van der Waals surface area contributed by atoms with E-state index in [2.05, 4.69) is 9.69 Å². The first-order valence-electron chi connectivity index (χ1n) is 4.94. The van der Waals surface area contributed by atoms with Crippen molar-refractivity contribution in [1.82, 2.24) is 4.37 Å². The molecule has 1 atom stereocenters. The van der Waals surface area contributed by atoms with Gasteiger partial charge in [0.1, 0.15) is 5.00 Å². The fourth-order valence-corrected chi connectivity index (χ4v) is 2.42. The summed E-state index contributed by atoms with van der Waals surface area (Å²) >= 11 is 1.23. The van der Waals surface area contributed by atoms with Gasteiger partial charge in [0.05, 0.1) is 11.3 Å². The summed E-state index contributed by atoms with van der Waals surface area (Å²) < 4.78 is 4.11. The Morgan fingerprint density at radius 1 is 1.56 bits per heavy atom. The van der Waals surface area contributed by atoms with E-state index in [1.165, 1.54) is 18.5 Å². The molecule has 0 aromatic carbocycles. The quantitative estimate of drug-likeness (QED) is 0.761. The van der Waals surface area contributed by atoms with Gasteiger partial charge in [0, 0.05) is 12.5 Å². The highest BCUT2D eigenvalue weighted by molar-refractivity contribution is 7.10. The Balaban J connectivity index is 2.81. The second kappa shape index (κ2) is 5.07. The highest BCUT2D eigenvalue weighted by Crippen LogP contribution is 2.25. The Labute approximate surface area is 98.2 Å². The van der Waals surface area contributed by atoms with Gasteiger partial charge >= 0.3 is 0 Å². The van der Waals surface area contributed by atoms with Crippen LogP contribution in [0.3, 0.4) is 0 Å². The lowest BCUT2D eigenvalue weighted by molar-refractivity contribution is -0.118. The lowest BCUT2D eigenvalue weighted by atomic mass is 10.1. The summed E-state index contributed by atoms with van der Waals surface area (Å²) in [5.74, 6) is -0.398. The van der Waals surface area contributed by atoms with Gasteiger partial charge in [-0.3, -0.25) is 9.59 Å². The van der Waals surface area contributed by atoms with Crippen molar-refractivity contribution in [1.29, 1.82) is 0 Å². The first kappa shape index (κ1) is 12.6. The minimum Gasteiger partial charge on any atom is -0.372 e.